The van der Waals surface area contributed by atoms with E-state index in [4.69, 9.17) is 0 Å². The average Bonchev–Trinajstić information content (AvgIpc) is 2.44. The van der Waals surface area contributed by atoms with E-state index in [1.807, 2.05) is 0 Å². The van der Waals surface area contributed by atoms with Gasteiger partial charge in [-0.1, -0.05) is 12.2 Å². The molecule has 1 nitrogen and oxygen atoms in total. The van der Waals surface area contributed by atoms with Gasteiger partial charge in [0.25, 0.3) is 0 Å². The second-order valence-electron chi connectivity index (χ2n) is 4.26. The fourth-order valence-corrected chi connectivity index (χ4v) is 2.00. The molecule has 0 fully saturated rings. The van der Waals surface area contributed by atoms with E-state index in [2.05, 4.69) is 17.9 Å². The van der Waals surface area contributed by atoms with Gasteiger partial charge in [0.15, 0.2) is 17.4 Å². The van der Waals surface area contributed by atoms with Crippen molar-refractivity contribution < 1.29 is 22.3 Å². The molecule has 0 aliphatic rings. The van der Waals surface area contributed by atoms with Crippen LogP contribution in [0.15, 0.2) is 25.3 Å². The molecular weight excluding hydrogens is 272 g/mol. The Morgan fingerprint density at radius 2 is 1.60 bits per heavy atom. The van der Waals surface area contributed by atoms with Gasteiger partial charge >= 0.3 is 0 Å². The van der Waals surface area contributed by atoms with Gasteiger partial charge in [0, 0.05) is 11.5 Å². The van der Waals surface area contributed by atoms with Crippen molar-refractivity contribution in [3.63, 3.8) is 0 Å². The number of hydrogen-bond acceptors (Lipinski definition) is 1. The van der Waals surface area contributed by atoms with Gasteiger partial charge in [-0.2, -0.15) is 8.78 Å². The Hall–Kier alpha value is -1.78. The smallest absolute Gasteiger partial charge is 0.204 e. The number of methoxy groups -OCH3 is 1. The van der Waals surface area contributed by atoms with Gasteiger partial charge in [-0.3, -0.25) is 0 Å². The Morgan fingerprint density at radius 1 is 1.05 bits per heavy atom. The molecule has 1 aromatic rings. The highest BCUT2D eigenvalue weighted by atomic mass is 19.2. The van der Waals surface area contributed by atoms with E-state index < -0.39 is 40.5 Å². The first-order chi connectivity index (χ1) is 9.49. The monoisotopic (exact) mass is 288 g/mol. The zero-order valence-corrected chi connectivity index (χ0v) is 11.2. The van der Waals surface area contributed by atoms with Crippen LogP contribution in [0.2, 0.25) is 0 Å². The van der Waals surface area contributed by atoms with Crippen molar-refractivity contribution in [2.75, 3.05) is 7.11 Å². The van der Waals surface area contributed by atoms with Gasteiger partial charge in [0.1, 0.15) is 0 Å². The van der Waals surface area contributed by atoms with Crippen LogP contribution in [0.3, 0.4) is 0 Å². The van der Waals surface area contributed by atoms with Crippen molar-refractivity contribution in [1.82, 2.24) is 0 Å². The van der Waals surface area contributed by atoms with E-state index in [1.165, 1.54) is 6.08 Å². The van der Waals surface area contributed by atoms with Crippen molar-refractivity contribution in [2.24, 2.45) is 0 Å². The Morgan fingerprint density at radius 3 is 2.00 bits per heavy atom. The minimum Gasteiger partial charge on any atom is -0.491 e. The lowest BCUT2D eigenvalue weighted by Crippen LogP contribution is -2.10. The summed E-state index contributed by atoms with van der Waals surface area (Å²) in [5, 5.41) is 0. The van der Waals surface area contributed by atoms with Crippen LogP contribution in [0.1, 0.15) is 30.7 Å². The molecule has 0 aliphatic heterocycles. The summed E-state index contributed by atoms with van der Waals surface area (Å²) in [4.78, 5) is 0. The third-order valence-corrected chi connectivity index (χ3v) is 3.04. The number of halogens is 4. The van der Waals surface area contributed by atoms with Crippen LogP contribution in [-0.4, -0.2) is 7.11 Å². The lowest BCUT2D eigenvalue weighted by molar-refractivity contribution is 0.327. The van der Waals surface area contributed by atoms with Crippen LogP contribution >= 0.6 is 0 Å². The first-order valence-corrected chi connectivity index (χ1v) is 6.12. The third kappa shape index (κ3) is 3.03. The fraction of sp³-hybridized carbons (Fsp3) is 0.333. The van der Waals surface area contributed by atoms with Crippen LogP contribution < -0.4 is 4.74 Å². The molecule has 0 saturated heterocycles. The van der Waals surface area contributed by atoms with Crippen LogP contribution in [0, 0.1) is 23.3 Å². The lowest BCUT2D eigenvalue weighted by Gasteiger charge is -2.17. The summed E-state index contributed by atoms with van der Waals surface area (Å²) in [5.74, 6) is -7.81. The molecule has 0 aromatic heterocycles. The molecule has 1 aromatic carbocycles. The summed E-state index contributed by atoms with van der Waals surface area (Å²) in [5.41, 5.74) is -0.653. The maximum absolute atomic E-state index is 13.9. The quantitative estimate of drug-likeness (QED) is 0.301. The Kier molecular flexibility index (Phi) is 5.80. The van der Waals surface area contributed by atoms with Gasteiger partial charge in [-0.25, -0.2) is 8.78 Å². The number of rotatable bonds is 7. The Bertz CT molecular complexity index is 482. The predicted molar refractivity (Wildman–Crippen MR) is 69.8 cm³/mol. The van der Waals surface area contributed by atoms with Crippen LogP contribution in [0.25, 0.3) is 0 Å². The molecule has 1 rings (SSSR count). The zero-order chi connectivity index (χ0) is 15.3. The Balaban J connectivity index is 3.28. The van der Waals surface area contributed by atoms with Crippen molar-refractivity contribution in [2.45, 2.75) is 25.2 Å². The largest absolute Gasteiger partial charge is 0.491 e. The van der Waals surface area contributed by atoms with Gasteiger partial charge in [-0.05, 0) is 19.3 Å². The normalized spacial score (nSPS) is 12.1. The van der Waals surface area contributed by atoms with Gasteiger partial charge in [-0.15, -0.1) is 13.2 Å². The number of allylic oxidation sites excluding steroid dienone is 2. The molecule has 0 heterocycles. The summed E-state index contributed by atoms with van der Waals surface area (Å²) in [6.07, 6.45) is 4.45. The SMILES string of the molecule is C=CCCCC(C=C)c1c(F)c(F)c(OC)c(F)c1F. The molecule has 0 radical (unpaired) electrons. The molecule has 0 spiro atoms. The summed E-state index contributed by atoms with van der Waals surface area (Å²) in [6.45, 7) is 7.00. The number of ether oxygens (including phenoxy) is 1. The average molecular weight is 288 g/mol. The topological polar surface area (TPSA) is 9.23 Å². The third-order valence-electron chi connectivity index (χ3n) is 3.04. The molecule has 0 bridgehead atoms. The maximum Gasteiger partial charge on any atom is 0.204 e. The van der Waals surface area contributed by atoms with Gasteiger partial charge in [0.05, 0.1) is 7.11 Å². The number of hydrogen-bond donors (Lipinski definition) is 0. The molecule has 1 unspecified atom stereocenters. The minimum atomic E-state index is -1.53. The van der Waals surface area contributed by atoms with E-state index in [1.54, 1.807) is 6.08 Å². The molecule has 0 aliphatic carbocycles. The van der Waals surface area contributed by atoms with E-state index >= 15 is 0 Å². The zero-order valence-electron chi connectivity index (χ0n) is 11.2. The van der Waals surface area contributed by atoms with E-state index in [-0.39, 0.29) is 0 Å². The predicted octanol–water partition coefficient (Wildman–Crippen LogP) is 4.88. The number of benzene rings is 1. The van der Waals surface area contributed by atoms with Crippen molar-refractivity contribution in [3.8, 4) is 5.75 Å². The van der Waals surface area contributed by atoms with Crippen LogP contribution in [0.4, 0.5) is 17.6 Å². The van der Waals surface area contributed by atoms with Crippen molar-refractivity contribution >= 4 is 0 Å². The highest BCUT2D eigenvalue weighted by molar-refractivity contribution is 5.37. The second kappa shape index (κ2) is 7.12. The lowest BCUT2D eigenvalue weighted by atomic mass is 9.92. The molecule has 0 N–H and O–H groups in total. The maximum atomic E-state index is 13.9. The van der Waals surface area contributed by atoms with Gasteiger partial charge in [0.2, 0.25) is 11.6 Å². The molecular formula is C15H16F4O. The molecule has 1 atom stereocenters. The minimum absolute atomic E-state index is 0.314. The van der Waals surface area contributed by atoms with Crippen LogP contribution in [0.5, 0.6) is 5.75 Å². The van der Waals surface area contributed by atoms with Crippen molar-refractivity contribution in [3.05, 3.63) is 54.1 Å². The summed E-state index contributed by atoms with van der Waals surface area (Å²) in [7, 11) is 0.940. The summed E-state index contributed by atoms with van der Waals surface area (Å²) >= 11 is 0. The number of unbranched alkanes of at least 4 members (excludes halogenated alkanes) is 1. The summed E-state index contributed by atoms with van der Waals surface area (Å²) in [6, 6.07) is 0. The Labute approximate surface area is 115 Å². The van der Waals surface area contributed by atoms with E-state index in [0.717, 1.165) is 7.11 Å². The first-order valence-electron chi connectivity index (χ1n) is 6.12. The molecule has 5 heteroatoms. The molecule has 0 amide bonds. The second-order valence-corrected chi connectivity index (χ2v) is 4.26. The highest BCUT2D eigenvalue weighted by Crippen LogP contribution is 2.35. The standard InChI is InChI=1S/C15H16F4O/c1-4-6-7-8-9(5-2)10-11(16)13(18)15(20-3)14(19)12(10)17/h4-5,9H,1-2,6-8H2,3H3. The van der Waals surface area contributed by atoms with E-state index in [0.29, 0.717) is 19.3 Å². The molecule has 110 valence electrons. The highest BCUT2D eigenvalue weighted by Gasteiger charge is 2.29. The van der Waals surface area contributed by atoms with Crippen molar-refractivity contribution in [1.29, 1.82) is 0 Å². The molecule has 20 heavy (non-hydrogen) atoms. The summed E-state index contributed by atoms with van der Waals surface area (Å²) < 4.78 is 59.4. The first kappa shape index (κ1) is 16.3. The molecule has 0 saturated carbocycles. The fourth-order valence-electron chi connectivity index (χ4n) is 2.00. The van der Waals surface area contributed by atoms with E-state index in [9.17, 15) is 17.6 Å². The van der Waals surface area contributed by atoms with Gasteiger partial charge < -0.3 is 4.74 Å². The van der Waals surface area contributed by atoms with Crippen LogP contribution in [-0.2, 0) is 0 Å².